The van der Waals surface area contributed by atoms with Crippen molar-refractivity contribution >= 4 is 35.0 Å². The van der Waals surface area contributed by atoms with Crippen molar-refractivity contribution in [1.29, 1.82) is 0 Å². The number of aromatic nitrogens is 3. The highest BCUT2D eigenvalue weighted by Gasteiger charge is 2.47. The molecule has 0 bridgehead atoms. The van der Waals surface area contributed by atoms with Crippen LogP contribution in [0.2, 0.25) is 10.0 Å². The van der Waals surface area contributed by atoms with E-state index in [0.29, 0.717) is 70.1 Å². The van der Waals surface area contributed by atoms with Crippen molar-refractivity contribution in [3.63, 3.8) is 0 Å². The summed E-state index contributed by atoms with van der Waals surface area (Å²) in [5.74, 6) is 1.46. The fourth-order valence-corrected chi connectivity index (χ4v) is 7.69. The molecule has 3 aliphatic heterocycles. The van der Waals surface area contributed by atoms with E-state index in [2.05, 4.69) is 30.8 Å². The lowest BCUT2D eigenvalue weighted by Gasteiger charge is -2.47. The second kappa shape index (κ2) is 13.9. The average Bonchev–Trinajstić information content (AvgIpc) is 3.70. The van der Waals surface area contributed by atoms with Crippen LogP contribution in [-0.4, -0.2) is 78.1 Å². The summed E-state index contributed by atoms with van der Waals surface area (Å²) in [6.45, 7) is 4.44. The Morgan fingerprint density at radius 1 is 0.959 bits per heavy atom. The molecule has 1 spiro atoms. The van der Waals surface area contributed by atoms with Crippen molar-refractivity contribution < 1.29 is 19.1 Å². The predicted molar refractivity (Wildman–Crippen MR) is 187 cm³/mol. The van der Waals surface area contributed by atoms with Gasteiger partial charge in [-0.15, -0.1) is 0 Å². The normalized spacial score (nSPS) is 18.3. The maximum absolute atomic E-state index is 11.7. The van der Waals surface area contributed by atoms with E-state index in [-0.39, 0.29) is 23.3 Å². The van der Waals surface area contributed by atoms with Crippen LogP contribution in [0.1, 0.15) is 30.4 Å². The molecule has 13 heteroatoms. The average molecular weight is 703 g/mol. The van der Waals surface area contributed by atoms with E-state index in [1.165, 1.54) is 6.33 Å². The van der Waals surface area contributed by atoms with E-state index in [1.54, 1.807) is 14.2 Å². The highest BCUT2D eigenvalue weighted by Crippen LogP contribution is 2.42. The highest BCUT2D eigenvalue weighted by atomic mass is 35.5. The number of rotatable bonds is 11. The van der Waals surface area contributed by atoms with Gasteiger partial charge in [-0.2, -0.15) is 0 Å². The molecular weight excluding hydrogens is 665 g/mol. The fraction of sp³-hybridized carbons (Fsp3) is 0.361. The number of nitrogens with one attached hydrogen (secondary N) is 3. The molecule has 3 saturated heterocycles. The van der Waals surface area contributed by atoms with E-state index in [1.807, 2.05) is 48.5 Å². The Kier molecular flexibility index (Phi) is 9.43. The number of ether oxygens (including phenoxy) is 2. The standard InChI is InChI=1S/C36H37Cl2N7O4/c1-48-28-12-21(6-7-23(28)16-45-18-36(19-45)13-30(47)40-17-36)33-32(38)34(42-20-41-33)26-5-3-4-25(31(26)37)27-10-8-22(35(44-27)49-2)14-39-15-24-9-11-29(46)43-24/h3-8,10,12,20,24,39H,9,11,13-19H2,1-2H3,(H,40,47)(H,43,46). The molecule has 2 aromatic heterocycles. The first-order valence-electron chi connectivity index (χ1n) is 16.3. The lowest BCUT2D eigenvalue weighted by molar-refractivity contribution is -0.121. The number of hydrogen-bond donors (Lipinski definition) is 3. The van der Waals surface area contributed by atoms with Crippen LogP contribution in [0.25, 0.3) is 33.8 Å². The second-order valence-corrected chi connectivity index (χ2v) is 13.7. The first kappa shape index (κ1) is 33.2. The summed E-state index contributed by atoms with van der Waals surface area (Å²) in [5, 5.41) is 10.1. The second-order valence-electron chi connectivity index (χ2n) is 13.0. The van der Waals surface area contributed by atoms with Gasteiger partial charge < -0.3 is 25.4 Å². The van der Waals surface area contributed by atoms with Crippen LogP contribution in [0, 0.1) is 5.41 Å². The third kappa shape index (κ3) is 6.81. The van der Waals surface area contributed by atoms with Crippen LogP contribution in [0.5, 0.6) is 11.6 Å². The van der Waals surface area contributed by atoms with E-state index in [9.17, 15) is 9.59 Å². The number of amides is 2. The van der Waals surface area contributed by atoms with Crippen molar-refractivity contribution in [1.82, 2.24) is 35.8 Å². The zero-order valence-corrected chi connectivity index (χ0v) is 28.8. The molecule has 1 unspecified atom stereocenters. The molecule has 254 valence electrons. The molecule has 4 aromatic rings. The van der Waals surface area contributed by atoms with Gasteiger partial charge in [0.1, 0.15) is 12.1 Å². The van der Waals surface area contributed by atoms with Crippen molar-refractivity contribution in [2.75, 3.05) is 40.4 Å². The molecule has 3 aliphatic rings. The minimum absolute atomic E-state index is 0.0630. The number of nitrogens with zero attached hydrogens (tertiary/aromatic N) is 4. The van der Waals surface area contributed by atoms with Gasteiger partial charge in [0.05, 0.1) is 41.3 Å². The van der Waals surface area contributed by atoms with E-state index >= 15 is 0 Å². The van der Waals surface area contributed by atoms with Gasteiger partial charge >= 0.3 is 0 Å². The van der Waals surface area contributed by atoms with Crippen LogP contribution >= 0.6 is 23.2 Å². The largest absolute Gasteiger partial charge is 0.496 e. The Morgan fingerprint density at radius 3 is 2.49 bits per heavy atom. The SMILES string of the molecule is COc1cc(-c2ncnc(-c3cccc(-c4ccc(CNCC5CCC(=O)N5)c(OC)n4)c3Cl)c2Cl)ccc1CN1CC2(CNC(=O)C2)C1. The predicted octanol–water partition coefficient (Wildman–Crippen LogP) is 4.89. The highest BCUT2D eigenvalue weighted by molar-refractivity contribution is 6.38. The lowest BCUT2D eigenvalue weighted by Crippen LogP contribution is -2.56. The number of pyridine rings is 1. The number of halogens is 2. The third-order valence-electron chi connectivity index (χ3n) is 9.51. The fourth-order valence-electron chi connectivity index (χ4n) is 7.07. The van der Waals surface area contributed by atoms with Gasteiger partial charge in [-0.25, -0.2) is 15.0 Å². The maximum Gasteiger partial charge on any atom is 0.220 e. The summed E-state index contributed by atoms with van der Waals surface area (Å²) in [7, 11) is 3.24. The Bertz CT molecular complexity index is 1920. The van der Waals surface area contributed by atoms with Gasteiger partial charge in [0.15, 0.2) is 0 Å². The van der Waals surface area contributed by atoms with Crippen LogP contribution in [0.15, 0.2) is 54.9 Å². The first-order valence-corrected chi connectivity index (χ1v) is 17.0. The molecule has 7 rings (SSSR count). The zero-order chi connectivity index (χ0) is 34.1. The molecule has 11 nitrogen and oxygen atoms in total. The molecule has 1 atom stereocenters. The number of carbonyl (C=O) groups excluding carboxylic acids is 2. The molecule has 5 heterocycles. The third-order valence-corrected chi connectivity index (χ3v) is 10.3. The molecule has 2 aromatic carbocycles. The maximum atomic E-state index is 11.7. The monoisotopic (exact) mass is 701 g/mol. The Balaban J connectivity index is 1.10. The Hall–Kier alpha value is -4.29. The summed E-state index contributed by atoms with van der Waals surface area (Å²) in [5.41, 5.74) is 5.85. The van der Waals surface area contributed by atoms with Crippen molar-refractivity contribution in [3.8, 4) is 45.4 Å². The van der Waals surface area contributed by atoms with Crippen LogP contribution in [0.3, 0.4) is 0 Å². The number of methoxy groups -OCH3 is 2. The van der Waals surface area contributed by atoms with Gasteiger partial charge in [0.2, 0.25) is 17.7 Å². The minimum atomic E-state index is 0.0630. The first-order chi connectivity index (χ1) is 23.8. The summed E-state index contributed by atoms with van der Waals surface area (Å²) in [6.07, 6.45) is 3.48. The van der Waals surface area contributed by atoms with Gasteiger partial charge in [0.25, 0.3) is 0 Å². The van der Waals surface area contributed by atoms with E-state index in [0.717, 1.165) is 55.0 Å². The topological polar surface area (TPSA) is 131 Å². The molecule has 0 saturated carbocycles. The Morgan fingerprint density at radius 2 is 1.76 bits per heavy atom. The van der Waals surface area contributed by atoms with Gasteiger partial charge in [-0.1, -0.05) is 59.6 Å². The summed E-state index contributed by atoms with van der Waals surface area (Å²) < 4.78 is 11.4. The van der Waals surface area contributed by atoms with Crippen molar-refractivity contribution in [2.24, 2.45) is 5.41 Å². The minimum Gasteiger partial charge on any atom is -0.496 e. The molecule has 49 heavy (non-hydrogen) atoms. The van der Waals surface area contributed by atoms with Crippen LogP contribution in [-0.2, 0) is 22.7 Å². The zero-order valence-electron chi connectivity index (χ0n) is 27.3. The van der Waals surface area contributed by atoms with E-state index in [4.69, 9.17) is 37.7 Å². The number of hydrogen-bond acceptors (Lipinski definition) is 9. The summed E-state index contributed by atoms with van der Waals surface area (Å²) in [6, 6.07) is 15.6. The number of benzene rings is 2. The molecule has 3 fully saturated rings. The van der Waals surface area contributed by atoms with Crippen molar-refractivity contribution in [3.05, 3.63) is 76.0 Å². The quantitative estimate of drug-likeness (QED) is 0.200. The number of likely N-dealkylation sites (tertiary alicyclic amines) is 1. The van der Waals surface area contributed by atoms with Crippen LogP contribution < -0.4 is 25.4 Å². The van der Waals surface area contributed by atoms with Gasteiger partial charge in [-0.05, 0) is 18.6 Å². The molecule has 3 N–H and O–H groups in total. The van der Waals surface area contributed by atoms with E-state index < -0.39 is 0 Å². The lowest BCUT2D eigenvalue weighted by atomic mass is 9.79. The molecular formula is C36H37Cl2N7O4. The smallest absolute Gasteiger partial charge is 0.220 e. The van der Waals surface area contributed by atoms with Crippen LogP contribution in [0.4, 0.5) is 0 Å². The molecule has 2 amide bonds. The summed E-state index contributed by atoms with van der Waals surface area (Å²) >= 11 is 14.1. The van der Waals surface area contributed by atoms with Crippen molar-refractivity contribution in [2.45, 2.75) is 38.4 Å². The number of carbonyl (C=O) groups is 2. The van der Waals surface area contributed by atoms with Gasteiger partial charge in [0, 0.05) is 91.4 Å². The molecule has 0 radical (unpaired) electrons. The molecule has 0 aliphatic carbocycles. The van der Waals surface area contributed by atoms with Gasteiger partial charge in [-0.3, -0.25) is 14.5 Å². The summed E-state index contributed by atoms with van der Waals surface area (Å²) in [4.78, 5) is 39.4. The Labute approximate surface area is 294 Å².